The minimum Gasteiger partial charge on any atom is -0.206 e. The van der Waals surface area contributed by atoms with E-state index in [4.69, 9.17) is 11.6 Å². The SMILES string of the molecule is O=S(=O)(NC1(CCl)CCCCC1)C(F)F. The first kappa shape index (κ1) is 13.1. The molecule has 0 heterocycles. The molecule has 1 aliphatic carbocycles. The van der Waals surface area contributed by atoms with Gasteiger partial charge in [-0.05, 0) is 12.8 Å². The van der Waals surface area contributed by atoms with Crippen LogP contribution in [0.2, 0.25) is 0 Å². The maximum absolute atomic E-state index is 12.2. The Hall–Kier alpha value is 0.0600. The smallest absolute Gasteiger partial charge is 0.206 e. The van der Waals surface area contributed by atoms with Crippen LogP contribution in [0.25, 0.3) is 0 Å². The summed E-state index contributed by atoms with van der Waals surface area (Å²) in [6.45, 7) is 0. The largest absolute Gasteiger partial charge is 0.350 e. The zero-order valence-corrected chi connectivity index (χ0v) is 9.75. The quantitative estimate of drug-likeness (QED) is 0.788. The van der Waals surface area contributed by atoms with Crippen molar-refractivity contribution in [3.8, 4) is 0 Å². The summed E-state index contributed by atoms with van der Waals surface area (Å²) in [5, 5.41) is 0. The van der Waals surface area contributed by atoms with E-state index in [1.807, 2.05) is 4.72 Å². The minimum atomic E-state index is -4.54. The van der Waals surface area contributed by atoms with Crippen molar-refractivity contribution in [2.45, 2.75) is 43.4 Å². The standard InChI is InChI=1S/C8H14ClF2NO2S/c9-6-8(4-2-1-3-5-8)12-15(13,14)7(10)11/h7,12H,1-6H2. The summed E-state index contributed by atoms with van der Waals surface area (Å²) in [5.74, 6) is -3.35. The van der Waals surface area contributed by atoms with E-state index >= 15 is 0 Å². The molecule has 0 aromatic rings. The zero-order valence-electron chi connectivity index (χ0n) is 8.18. The molecule has 0 unspecified atom stereocenters. The van der Waals surface area contributed by atoms with Crippen LogP contribution in [0.3, 0.4) is 0 Å². The lowest BCUT2D eigenvalue weighted by molar-refractivity contribution is 0.222. The van der Waals surface area contributed by atoms with E-state index in [9.17, 15) is 17.2 Å². The van der Waals surface area contributed by atoms with E-state index < -0.39 is 21.3 Å². The van der Waals surface area contributed by atoms with Gasteiger partial charge >= 0.3 is 5.76 Å². The molecule has 1 N–H and O–H groups in total. The van der Waals surface area contributed by atoms with Gasteiger partial charge in [-0.15, -0.1) is 11.6 Å². The average molecular weight is 262 g/mol. The first-order valence-electron chi connectivity index (χ1n) is 4.79. The molecule has 15 heavy (non-hydrogen) atoms. The second-order valence-corrected chi connectivity index (χ2v) is 5.80. The maximum Gasteiger partial charge on any atom is 0.350 e. The molecule has 1 saturated carbocycles. The highest BCUT2D eigenvalue weighted by Gasteiger charge is 2.38. The predicted octanol–water partition coefficient (Wildman–Crippen LogP) is 2.07. The van der Waals surface area contributed by atoms with E-state index in [-0.39, 0.29) is 5.88 Å². The van der Waals surface area contributed by atoms with E-state index in [0.717, 1.165) is 19.3 Å². The van der Waals surface area contributed by atoms with Crippen molar-refractivity contribution < 1.29 is 17.2 Å². The first-order valence-corrected chi connectivity index (χ1v) is 6.87. The summed E-state index contributed by atoms with van der Waals surface area (Å²) in [7, 11) is -4.54. The van der Waals surface area contributed by atoms with Gasteiger partial charge in [0.15, 0.2) is 0 Å². The van der Waals surface area contributed by atoms with Crippen LogP contribution >= 0.6 is 11.6 Å². The third-order valence-corrected chi connectivity index (χ3v) is 4.36. The molecule has 0 saturated heterocycles. The Kier molecular flexibility index (Phi) is 4.31. The molecule has 0 aromatic heterocycles. The number of alkyl halides is 3. The van der Waals surface area contributed by atoms with Crippen molar-refractivity contribution in [3.05, 3.63) is 0 Å². The van der Waals surface area contributed by atoms with Crippen LogP contribution in [-0.2, 0) is 10.0 Å². The van der Waals surface area contributed by atoms with Gasteiger partial charge in [-0.2, -0.15) is 8.78 Å². The summed E-state index contributed by atoms with van der Waals surface area (Å²) in [5.41, 5.74) is -0.866. The third-order valence-electron chi connectivity index (χ3n) is 2.66. The molecule has 0 bridgehead atoms. The van der Waals surface area contributed by atoms with Gasteiger partial charge in [0.2, 0.25) is 0 Å². The Labute approximate surface area is 93.2 Å². The summed E-state index contributed by atoms with van der Waals surface area (Å²) in [6.07, 6.45) is 3.69. The molecule has 1 rings (SSSR count). The number of nitrogens with one attached hydrogen (secondary N) is 1. The lowest BCUT2D eigenvalue weighted by Gasteiger charge is -2.35. The average Bonchev–Trinajstić information content (AvgIpc) is 2.18. The maximum atomic E-state index is 12.2. The molecular formula is C8H14ClF2NO2S. The molecule has 1 fully saturated rings. The molecule has 0 radical (unpaired) electrons. The predicted molar refractivity (Wildman–Crippen MR) is 54.6 cm³/mol. The molecule has 3 nitrogen and oxygen atoms in total. The Morgan fingerprint density at radius 2 is 1.80 bits per heavy atom. The van der Waals surface area contributed by atoms with Crippen molar-refractivity contribution in [1.29, 1.82) is 0 Å². The van der Waals surface area contributed by atoms with Gasteiger partial charge in [0, 0.05) is 11.4 Å². The Balaban J connectivity index is 2.76. The fourth-order valence-corrected chi connectivity index (χ4v) is 3.22. The summed E-state index contributed by atoms with van der Waals surface area (Å²) >= 11 is 5.68. The topological polar surface area (TPSA) is 46.2 Å². The van der Waals surface area contributed by atoms with Crippen LogP contribution in [0.15, 0.2) is 0 Å². The monoisotopic (exact) mass is 261 g/mol. The van der Waals surface area contributed by atoms with E-state index in [2.05, 4.69) is 0 Å². The second kappa shape index (κ2) is 4.93. The van der Waals surface area contributed by atoms with Crippen molar-refractivity contribution >= 4 is 21.6 Å². The molecule has 7 heteroatoms. The molecule has 0 amide bonds. The number of sulfonamides is 1. The Morgan fingerprint density at radius 1 is 1.27 bits per heavy atom. The lowest BCUT2D eigenvalue weighted by atomic mass is 9.84. The molecule has 90 valence electrons. The number of hydrogen-bond donors (Lipinski definition) is 1. The van der Waals surface area contributed by atoms with Crippen molar-refractivity contribution in [2.24, 2.45) is 0 Å². The third kappa shape index (κ3) is 3.26. The highest BCUT2D eigenvalue weighted by molar-refractivity contribution is 7.89. The molecule has 0 atom stereocenters. The van der Waals surface area contributed by atoms with Gasteiger partial charge in [0.25, 0.3) is 10.0 Å². The second-order valence-electron chi connectivity index (χ2n) is 3.88. The van der Waals surface area contributed by atoms with Gasteiger partial charge in [-0.3, -0.25) is 0 Å². The van der Waals surface area contributed by atoms with E-state index in [0.29, 0.717) is 12.8 Å². The van der Waals surface area contributed by atoms with Gasteiger partial charge in [-0.1, -0.05) is 19.3 Å². The zero-order chi connectivity index (χ0) is 11.5. The van der Waals surface area contributed by atoms with E-state index in [1.54, 1.807) is 0 Å². The van der Waals surface area contributed by atoms with Gasteiger partial charge < -0.3 is 0 Å². The van der Waals surface area contributed by atoms with Crippen molar-refractivity contribution in [2.75, 3.05) is 5.88 Å². The number of rotatable bonds is 4. The van der Waals surface area contributed by atoms with Crippen LogP contribution < -0.4 is 4.72 Å². The number of halogens is 3. The van der Waals surface area contributed by atoms with E-state index in [1.165, 1.54) is 0 Å². The fraction of sp³-hybridized carbons (Fsp3) is 1.00. The van der Waals surface area contributed by atoms with Gasteiger partial charge in [0.05, 0.1) is 0 Å². The molecule has 1 aliphatic rings. The highest BCUT2D eigenvalue weighted by atomic mass is 35.5. The van der Waals surface area contributed by atoms with Gasteiger partial charge in [0.1, 0.15) is 0 Å². The van der Waals surface area contributed by atoms with Crippen LogP contribution in [0.1, 0.15) is 32.1 Å². The lowest BCUT2D eigenvalue weighted by Crippen LogP contribution is -2.52. The van der Waals surface area contributed by atoms with Crippen LogP contribution in [0, 0.1) is 0 Å². The molecular weight excluding hydrogens is 248 g/mol. The number of hydrogen-bond acceptors (Lipinski definition) is 2. The first-order chi connectivity index (χ1) is 6.92. The fourth-order valence-electron chi connectivity index (χ4n) is 1.84. The molecule has 0 aliphatic heterocycles. The highest BCUT2D eigenvalue weighted by Crippen LogP contribution is 2.30. The van der Waals surface area contributed by atoms with Crippen LogP contribution in [-0.4, -0.2) is 25.6 Å². The molecule has 0 spiro atoms. The Bertz CT molecular complexity index is 302. The summed E-state index contributed by atoms with van der Waals surface area (Å²) in [6, 6.07) is 0. The van der Waals surface area contributed by atoms with Crippen molar-refractivity contribution in [3.63, 3.8) is 0 Å². The molecule has 0 aromatic carbocycles. The van der Waals surface area contributed by atoms with Gasteiger partial charge in [-0.25, -0.2) is 13.1 Å². The van der Waals surface area contributed by atoms with Crippen molar-refractivity contribution in [1.82, 2.24) is 4.72 Å². The summed E-state index contributed by atoms with van der Waals surface area (Å²) < 4.78 is 48.5. The van der Waals surface area contributed by atoms with Crippen LogP contribution in [0.5, 0.6) is 0 Å². The minimum absolute atomic E-state index is 0.0406. The normalized spacial score (nSPS) is 21.9. The Morgan fingerprint density at radius 3 is 2.20 bits per heavy atom. The summed E-state index contributed by atoms with van der Waals surface area (Å²) in [4.78, 5) is 0. The van der Waals surface area contributed by atoms with Crippen LogP contribution in [0.4, 0.5) is 8.78 Å².